The molecule has 1 N–H and O–H groups in total. The molecular weight excluding hydrogens is 172 g/mol. The summed E-state index contributed by atoms with van der Waals surface area (Å²) in [6, 6.07) is 0. The Balaban J connectivity index is 1.95. The lowest BCUT2D eigenvalue weighted by Gasteiger charge is -2.43. The summed E-state index contributed by atoms with van der Waals surface area (Å²) in [5.74, 6) is -2.38. The third kappa shape index (κ3) is 2.01. The Morgan fingerprint density at radius 1 is 0.846 bits per heavy atom. The lowest BCUT2D eigenvalue weighted by molar-refractivity contribution is -0.0596. The van der Waals surface area contributed by atoms with E-state index in [1.54, 1.807) is 0 Å². The highest BCUT2D eigenvalue weighted by atomic mass is 19.3. The molecule has 2 aliphatic rings. The molecule has 0 aromatic carbocycles. The monoisotopic (exact) mass is 189 g/mol. The second kappa shape index (κ2) is 3.19. The minimum atomic E-state index is -2.38. The largest absolute Gasteiger partial charge is 0.311 e. The Morgan fingerprint density at radius 3 is 2.08 bits per heavy atom. The summed E-state index contributed by atoms with van der Waals surface area (Å²) in [7, 11) is 0. The van der Waals surface area contributed by atoms with Crippen molar-refractivity contribution in [1.29, 1.82) is 0 Å². The quantitative estimate of drug-likeness (QED) is 0.617. The summed E-state index contributed by atoms with van der Waals surface area (Å²) < 4.78 is 25.8. The number of halogens is 2. The van der Waals surface area contributed by atoms with Crippen molar-refractivity contribution in [1.82, 2.24) is 5.32 Å². The average molecular weight is 189 g/mol. The molecule has 1 aliphatic heterocycles. The fraction of sp³-hybridized carbons (Fsp3) is 1.00. The maximum Gasteiger partial charge on any atom is 0.248 e. The number of rotatable bonds is 0. The minimum Gasteiger partial charge on any atom is -0.311 e. The van der Waals surface area contributed by atoms with Crippen molar-refractivity contribution in [3.63, 3.8) is 0 Å². The zero-order valence-corrected chi connectivity index (χ0v) is 7.91. The Hall–Kier alpha value is -0.180. The van der Waals surface area contributed by atoms with Crippen LogP contribution in [0.3, 0.4) is 0 Å². The van der Waals surface area contributed by atoms with Gasteiger partial charge in [0, 0.05) is 18.4 Å². The Morgan fingerprint density at radius 2 is 1.54 bits per heavy atom. The first-order valence-electron chi connectivity index (χ1n) is 5.25. The molecule has 2 rings (SSSR count). The van der Waals surface area contributed by atoms with E-state index in [0.29, 0.717) is 12.8 Å². The zero-order valence-electron chi connectivity index (χ0n) is 7.91. The molecule has 1 saturated carbocycles. The normalized spacial score (nSPS) is 31.8. The van der Waals surface area contributed by atoms with E-state index < -0.39 is 5.92 Å². The van der Waals surface area contributed by atoms with E-state index in [9.17, 15) is 8.78 Å². The first kappa shape index (κ1) is 9.38. The van der Waals surface area contributed by atoms with Crippen molar-refractivity contribution in [3.8, 4) is 0 Å². The predicted molar refractivity (Wildman–Crippen MR) is 48.0 cm³/mol. The second-order valence-electron chi connectivity index (χ2n) is 4.52. The van der Waals surface area contributed by atoms with Crippen molar-refractivity contribution in [2.45, 2.75) is 56.4 Å². The molecule has 1 saturated heterocycles. The summed E-state index contributed by atoms with van der Waals surface area (Å²) in [6.07, 6.45) is 5.01. The van der Waals surface area contributed by atoms with Gasteiger partial charge in [0.2, 0.25) is 5.92 Å². The van der Waals surface area contributed by atoms with Crippen molar-refractivity contribution < 1.29 is 8.78 Å². The molecule has 3 heteroatoms. The summed E-state index contributed by atoms with van der Waals surface area (Å²) in [6.45, 7) is 1.02. The number of alkyl halides is 2. The summed E-state index contributed by atoms with van der Waals surface area (Å²) in [4.78, 5) is 0. The smallest absolute Gasteiger partial charge is 0.248 e. The topological polar surface area (TPSA) is 12.0 Å². The third-order valence-electron chi connectivity index (χ3n) is 3.52. The minimum absolute atomic E-state index is 0.0833. The van der Waals surface area contributed by atoms with Gasteiger partial charge >= 0.3 is 0 Å². The van der Waals surface area contributed by atoms with Crippen LogP contribution in [-0.4, -0.2) is 18.0 Å². The fourth-order valence-electron chi connectivity index (χ4n) is 2.55. The zero-order chi connectivity index (χ0) is 9.36. The summed E-state index contributed by atoms with van der Waals surface area (Å²) in [5, 5.41) is 3.44. The molecule has 0 unspecified atom stereocenters. The van der Waals surface area contributed by atoms with Gasteiger partial charge in [-0.3, -0.25) is 0 Å². The standard InChI is InChI=1S/C10H17F2N/c11-10(12)6-4-9(5-7-10)3-1-2-8-13-9/h13H,1-8H2. The van der Waals surface area contributed by atoms with Crippen LogP contribution >= 0.6 is 0 Å². The van der Waals surface area contributed by atoms with Gasteiger partial charge in [0.15, 0.2) is 0 Å². The van der Waals surface area contributed by atoms with Crippen LogP contribution in [0, 0.1) is 0 Å². The van der Waals surface area contributed by atoms with Gasteiger partial charge in [0.25, 0.3) is 0 Å². The summed E-state index contributed by atoms with van der Waals surface area (Å²) >= 11 is 0. The van der Waals surface area contributed by atoms with Crippen molar-refractivity contribution >= 4 is 0 Å². The van der Waals surface area contributed by atoms with Crippen LogP contribution in [0.15, 0.2) is 0 Å². The van der Waals surface area contributed by atoms with Crippen LogP contribution in [0.5, 0.6) is 0 Å². The molecule has 0 atom stereocenters. The van der Waals surface area contributed by atoms with Crippen LogP contribution < -0.4 is 5.32 Å². The maximum atomic E-state index is 12.9. The van der Waals surface area contributed by atoms with Crippen LogP contribution in [0.2, 0.25) is 0 Å². The fourth-order valence-corrected chi connectivity index (χ4v) is 2.55. The van der Waals surface area contributed by atoms with Gasteiger partial charge in [-0.05, 0) is 32.2 Å². The number of hydrogen-bond donors (Lipinski definition) is 1. The van der Waals surface area contributed by atoms with E-state index in [2.05, 4.69) is 5.32 Å². The summed E-state index contributed by atoms with van der Waals surface area (Å²) in [5.41, 5.74) is 0.0833. The van der Waals surface area contributed by atoms with Gasteiger partial charge in [-0.2, -0.15) is 0 Å². The molecule has 0 bridgehead atoms. The second-order valence-corrected chi connectivity index (χ2v) is 4.52. The molecule has 76 valence electrons. The SMILES string of the molecule is FC1(F)CCC2(CCCCN2)CC1. The highest BCUT2D eigenvalue weighted by Gasteiger charge is 2.43. The van der Waals surface area contributed by atoms with Gasteiger partial charge in [0.05, 0.1) is 0 Å². The Kier molecular flexibility index (Phi) is 2.30. The predicted octanol–water partition coefficient (Wildman–Crippen LogP) is 2.71. The molecular formula is C10H17F2N. The van der Waals surface area contributed by atoms with Gasteiger partial charge in [-0.1, -0.05) is 6.42 Å². The lowest BCUT2D eigenvalue weighted by Crippen LogP contribution is -2.52. The molecule has 1 heterocycles. The molecule has 0 amide bonds. The molecule has 13 heavy (non-hydrogen) atoms. The Labute approximate surface area is 77.9 Å². The molecule has 1 spiro atoms. The highest BCUT2D eigenvalue weighted by Crippen LogP contribution is 2.41. The van der Waals surface area contributed by atoms with E-state index in [1.807, 2.05) is 0 Å². The molecule has 0 aromatic rings. The van der Waals surface area contributed by atoms with E-state index in [1.165, 1.54) is 12.8 Å². The van der Waals surface area contributed by atoms with E-state index in [0.717, 1.165) is 13.0 Å². The maximum absolute atomic E-state index is 12.9. The van der Waals surface area contributed by atoms with Crippen LogP contribution in [0.4, 0.5) is 8.78 Å². The van der Waals surface area contributed by atoms with Crippen molar-refractivity contribution in [2.24, 2.45) is 0 Å². The van der Waals surface area contributed by atoms with Gasteiger partial charge in [0.1, 0.15) is 0 Å². The van der Waals surface area contributed by atoms with E-state index in [-0.39, 0.29) is 18.4 Å². The van der Waals surface area contributed by atoms with Crippen molar-refractivity contribution in [2.75, 3.05) is 6.54 Å². The van der Waals surface area contributed by atoms with E-state index >= 15 is 0 Å². The molecule has 2 fully saturated rings. The molecule has 0 aromatic heterocycles. The molecule has 0 radical (unpaired) electrons. The highest BCUT2D eigenvalue weighted by molar-refractivity contribution is 4.96. The first-order chi connectivity index (χ1) is 6.12. The number of piperidine rings is 1. The van der Waals surface area contributed by atoms with Crippen LogP contribution in [-0.2, 0) is 0 Å². The third-order valence-corrected chi connectivity index (χ3v) is 3.52. The average Bonchev–Trinajstić information content (AvgIpc) is 2.13. The lowest BCUT2D eigenvalue weighted by atomic mass is 9.75. The number of nitrogens with one attached hydrogen (secondary N) is 1. The number of hydrogen-bond acceptors (Lipinski definition) is 1. The molecule has 1 aliphatic carbocycles. The van der Waals surface area contributed by atoms with Crippen LogP contribution in [0.1, 0.15) is 44.9 Å². The molecule has 1 nitrogen and oxygen atoms in total. The van der Waals surface area contributed by atoms with Gasteiger partial charge < -0.3 is 5.32 Å². The van der Waals surface area contributed by atoms with Crippen molar-refractivity contribution in [3.05, 3.63) is 0 Å². The first-order valence-corrected chi connectivity index (χ1v) is 5.25. The van der Waals surface area contributed by atoms with E-state index in [4.69, 9.17) is 0 Å². The Bertz CT molecular complexity index is 173. The van der Waals surface area contributed by atoms with Gasteiger partial charge in [-0.15, -0.1) is 0 Å². The van der Waals surface area contributed by atoms with Gasteiger partial charge in [-0.25, -0.2) is 8.78 Å². The van der Waals surface area contributed by atoms with Crippen LogP contribution in [0.25, 0.3) is 0 Å².